The van der Waals surface area contributed by atoms with Crippen LogP contribution in [0.3, 0.4) is 0 Å². The minimum Gasteiger partial charge on any atom is -0.494 e. The van der Waals surface area contributed by atoms with Crippen LogP contribution in [-0.2, 0) is 16.3 Å². The van der Waals surface area contributed by atoms with Crippen molar-refractivity contribution in [1.29, 1.82) is 0 Å². The maximum Gasteiger partial charge on any atom is 0.181 e. The van der Waals surface area contributed by atoms with E-state index in [1.807, 2.05) is 30.3 Å². The highest BCUT2D eigenvalue weighted by atomic mass is 32.2. The van der Waals surface area contributed by atoms with Crippen LogP contribution in [0.2, 0.25) is 0 Å². The number of aliphatic hydroxyl groups is 1. The lowest BCUT2D eigenvalue weighted by atomic mass is 10.1. The molecule has 1 atom stereocenters. The first kappa shape index (κ1) is 19.5. The van der Waals surface area contributed by atoms with Crippen LogP contribution in [0.15, 0.2) is 59.5 Å². The molecule has 4 nitrogen and oxygen atoms in total. The lowest BCUT2D eigenvalue weighted by Crippen LogP contribution is -2.25. The number of sulfone groups is 1. The molecule has 1 N–H and O–H groups in total. The highest BCUT2D eigenvalue weighted by molar-refractivity contribution is 7.92. The smallest absolute Gasteiger partial charge is 0.181 e. The molecule has 0 heterocycles. The fourth-order valence-corrected chi connectivity index (χ4v) is 4.37. The molecule has 5 heteroatoms. The molecule has 0 bridgehead atoms. The van der Waals surface area contributed by atoms with Crippen LogP contribution in [-0.4, -0.2) is 32.0 Å². The lowest BCUT2D eigenvalue weighted by Gasteiger charge is -2.17. The largest absolute Gasteiger partial charge is 0.494 e. The number of ether oxygens (including phenoxy) is 1. The minimum absolute atomic E-state index is 0.158. The van der Waals surface area contributed by atoms with Crippen molar-refractivity contribution in [1.82, 2.24) is 0 Å². The Morgan fingerprint density at radius 2 is 1.72 bits per heavy atom. The minimum atomic E-state index is -3.52. The molecule has 1 unspecified atom stereocenters. The molecular weight excluding hydrogens is 336 g/mol. The monoisotopic (exact) mass is 362 g/mol. The summed E-state index contributed by atoms with van der Waals surface area (Å²) in [6, 6.07) is 16.1. The summed E-state index contributed by atoms with van der Waals surface area (Å²) in [6.45, 7) is 2.56. The summed E-state index contributed by atoms with van der Waals surface area (Å²) in [5.41, 5.74) is 0.948. The van der Waals surface area contributed by atoms with Crippen molar-refractivity contribution in [3.8, 4) is 5.75 Å². The van der Waals surface area contributed by atoms with Crippen LogP contribution < -0.4 is 4.74 Å². The molecule has 0 amide bonds. The molecule has 0 aromatic heterocycles. The highest BCUT2D eigenvalue weighted by Gasteiger charge is 2.27. The maximum atomic E-state index is 12.9. The van der Waals surface area contributed by atoms with Gasteiger partial charge in [0.1, 0.15) is 5.75 Å². The van der Waals surface area contributed by atoms with Gasteiger partial charge in [-0.15, -0.1) is 0 Å². The Morgan fingerprint density at radius 1 is 1.04 bits per heavy atom. The number of unbranched alkanes of at least 4 members (excludes halogenated alkanes) is 1. The summed E-state index contributed by atoms with van der Waals surface area (Å²) < 4.78 is 31.5. The van der Waals surface area contributed by atoms with E-state index in [9.17, 15) is 13.5 Å². The second-order valence-electron chi connectivity index (χ2n) is 6.04. The van der Waals surface area contributed by atoms with Gasteiger partial charge in [-0.05, 0) is 49.1 Å². The third-order valence-electron chi connectivity index (χ3n) is 4.11. The van der Waals surface area contributed by atoms with Gasteiger partial charge in [-0.25, -0.2) is 8.42 Å². The van der Waals surface area contributed by atoms with E-state index in [0.717, 1.165) is 18.4 Å². The molecule has 0 aliphatic heterocycles. The zero-order valence-electron chi connectivity index (χ0n) is 14.6. The predicted octanol–water partition coefficient (Wildman–Crippen LogP) is 3.63. The van der Waals surface area contributed by atoms with Gasteiger partial charge in [0, 0.05) is 6.61 Å². The van der Waals surface area contributed by atoms with Gasteiger partial charge in [0.05, 0.1) is 16.8 Å². The molecule has 0 spiro atoms. The van der Waals surface area contributed by atoms with Crippen molar-refractivity contribution >= 4 is 9.84 Å². The van der Waals surface area contributed by atoms with Gasteiger partial charge in [-0.3, -0.25) is 0 Å². The van der Waals surface area contributed by atoms with Crippen LogP contribution in [0.4, 0.5) is 0 Å². The Kier molecular flexibility index (Phi) is 7.47. The average Bonchev–Trinajstić information content (AvgIpc) is 2.63. The zero-order chi connectivity index (χ0) is 18.1. The third-order valence-corrected chi connectivity index (χ3v) is 6.32. The summed E-state index contributed by atoms with van der Waals surface area (Å²) in [6.07, 6.45) is 2.62. The fraction of sp³-hybridized carbons (Fsp3) is 0.400. The van der Waals surface area contributed by atoms with E-state index in [0.29, 0.717) is 18.8 Å². The van der Waals surface area contributed by atoms with E-state index in [2.05, 4.69) is 6.92 Å². The summed E-state index contributed by atoms with van der Waals surface area (Å²) in [5.74, 6) is 0.675. The van der Waals surface area contributed by atoms with Crippen molar-refractivity contribution < 1.29 is 18.3 Å². The SMILES string of the molecule is CCCCOc1ccc(S(=O)(=O)C(CCO)Cc2ccccc2)cc1. The van der Waals surface area contributed by atoms with Crippen LogP contribution in [0, 0.1) is 0 Å². The van der Waals surface area contributed by atoms with Gasteiger partial charge < -0.3 is 9.84 Å². The van der Waals surface area contributed by atoms with Crippen molar-refractivity contribution in [2.24, 2.45) is 0 Å². The molecule has 25 heavy (non-hydrogen) atoms. The molecule has 2 rings (SSSR count). The summed E-state index contributed by atoms with van der Waals surface area (Å²) in [7, 11) is -3.52. The van der Waals surface area contributed by atoms with Crippen molar-refractivity contribution in [3.05, 3.63) is 60.2 Å². The molecule has 0 fully saturated rings. The van der Waals surface area contributed by atoms with E-state index in [1.165, 1.54) is 0 Å². The molecule has 2 aromatic carbocycles. The van der Waals surface area contributed by atoms with E-state index < -0.39 is 15.1 Å². The number of aliphatic hydroxyl groups excluding tert-OH is 1. The van der Waals surface area contributed by atoms with E-state index in [-0.39, 0.29) is 17.9 Å². The number of hydrogen-bond donors (Lipinski definition) is 1. The Morgan fingerprint density at radius 3 is 2.32 bits per heavy atom. The van der Waals surface area contributed by atoms with E-state index in [1.54, 1.807) is 24.3 Å². The van der Waals surface area contributed by atoms with Gasteiger partial charge >= 0.3 is 0 Å². The van der Waals surface area contributed by atoms with Crippen molar-refractivity contribution in [2.75, 3.05) is 13.2 Å². The van der Waals surface area contributed by atoms with Crippen LogP contribution in [0.25, 0.3) is 0 Å². The topological polar surface area (TPSA) is 63.6 Å². The van der Waals surface area contributed by atoms with Gasteiger partial charge in [0.15, 0.2) is 9.84 Å². The molecule has 0 aliphatic rings. The molecular formula is C20H26O4S. The second-order valence-corrected chi connectivity index (χ2v) is 8.27. The normalized spacial score (nSPS) is 12.7. The molecule has 136 valence electrons. The molecule has 0 saturated heterocycles. The first-order chi connectivity index (χ1) is 12.1. The van der Waals surface area contributed by atoms with E-state index in [4.69, 9.17) is 4.74 Å². The van der Waals surface area contributed by atoms with Gasteiger partial charge in [0.25, 0.3) is 0 Å². The van der Waals surface area contributed by atoms with Crippen molar-refractivity contribution in [2.45, 2.75) is 42.8 Å². The number of benzene rings is 2. The molecule has 2 aromatic rings. The molecule has 0 radical (unpaired) electrons. The lowest BCUT2D eigenvalue weighted by molar-refractivity contribution is 0.285. The van der Waals surface area contributed by atoms with Crippen LogP contribution in [0.1, 0.15) is 31.7 Å². The maximum absolute atomic E-state index is 12.9. The third kappa shape index (κ3) is 5.58. The quantitative estimate of drug-likeness (QED) is 0.656. The highest BCUT2D eigenvalue weighted by Crippen LogP contribution is 2.24. The van der Waals surface area contributed by atoms with Gasteiger partial charge in [-0.2, -0.15) is 0 Å². The number of hydrogen-bond acceptors (Lipinski definition) is 4. The van der Waals surface area contributed by atoms with Gasteiger partial charge in [-0.1, -0.05) is 43.7 Å². The summed E-state index contributed by atoms with van der Waals surface area (Å²) in [5, 5.41) is 8.66. The second kappa shape index (κ2) is 9.59. The zero-order valence-corrected chi connectivity index (χ0v) is 15.4. The van der Waals surface area contributed by atoms with Crippen molar-refractivity contribution in [3.63, 3.8) is 0 Å². The average molecular weight is 362 g/mol. The van der Waals surface area contributed by atoms with Gasteiger partial charge in [0.2, 0.25) is 0 Å². The summed E-state index contributed by atoms with van der Waals surface area (Å²) in [4.78, 5) is 0.268. The van der Waals surface area contributed by atoms with E-state index >= 15 is 0 Å². The number of rotatable bonds is 10. The standard InChI is InChI=1S/C20H26O4S/c1-2-3-15-24-18-9-11-19(12-10-18)25(22,23)20(13-14-21)16-17-7-5-4-6-8-17/h4-12,20-21H,2-3,13-16H2,1H3. The first-order valence-electron chi connectivity index (χ1n) is 8.69. The Balaban J connectivity index is 2.15. The molecule has 0 aliphatic carbocycles. The van der Waals surface area contributed by atoms with Crippen LogP contribution >= 0.6 is 0 Å². The van der Waals surface area contributed by atoms with Crippen LogP contribution in [0.5, 0.6) is 5.75 Å². The summed E-state index contributed by atoms with van der Waals surface area (Å²) >= 11 is 0. The Bertz CT molecular complexity index is 724. The Hall–Kier alpha value is -1.85. The Labute approximate surface area is 150 Å². The predicted molar refractivity (Wildman–Crippen MR) is 99.7 cm³/mol. The fourth-order valence-electron chi connectivity index (χ4n) is 2.64. The molecule has 0 saturated carbocycles. The first-order valence-corrected chi connectivity index (χ1v) is 10.2.